The summed E-state index contributed by atoms with van der Waals surface area (Å²) in [7, 11) is -2.72. The lowest BCUT2D eigenvalue weighted by Gasteiger charge is -2.40. The molecule has 186 valence electrons. The number of sulfonamides is 1. The quantitative estimate of drug-likeness (QED) is 0.425. The van der Waals surface area contributed by atoms with Crippen molar-refractivity contribution >= 4 is 32.2 Å². The average molecular weight is 529 g/mol. The summed E-state index contributed by atoms with van der Waals surface area (Å²) in [5.74, 6) is 0.897. The van der Waals surface area contributed by atoms with Gasteiger partial charge >= 0.3 is 0 Å². The Kier molecular flexibility index (Phi) is 7.28. The van der Waals surface area contributed by atoms with Gasteiger partial charge in [0, 0.05) is 40.5 Å². The van der Waals surface area contributed by atoms with Crippen LogP contribution in [0.4, 0.5) is 0 Å². The number of piperidine rings is 1. The van der Waals surface area contributed by atoms with E-state index >= 15 is 0 Å². The third kappa shape index (κ3) is 5.04. The molecule has 35 heavy (non-hydrogen) atoms. The van der Waals surface area contributed by atoms with Crippen LogP contribution < -0.4 is 0 Å². The Labute approximate surface area is 215 Å². The predicted octanol–water partition coefficient (Wildman–Crippen LogP) is 4.70. The van der Waals surface area contributed by atoms with Crippen molar-refractivity contribution in [2.45, 2.75) is 40.4 Å². The summed E-state index contributed by atoms with van der Waals surface area (Å²) in [5, 5.41) is 2.07. The molecule has 2 aromatic carbocycles. The summed E-state index contributed by atoms with van der Waals surface area (Å²) in [6.45, 7) is 3.37. The highest BCUT2D eigenvalue weighted by atomic mass is 32.2. The topological polar surface area (TPSA) is 57.7 Å². The molecule has 2 aliphatic rings. The van der Waals surface area contributed by atoms with Crippen molar-refractivity contribution in [3.05, 3.63) is 82.6 Å². The lowest BCUT2D eigenvalue weighted by molar-refractivity contribution is 0.165. The Morgan fingerprint density at radius 1 is 1.03 bits per heavy atom. The molecule has 5 rings (SSSR count). The number of hydrogen-bond acceptors (Lipinski definition) is 5. The van der Waals surface area contributed by atoms with Crippen molar-refractivity contribution in [3.8, 4) is 0 Å². The van der Waals surface area contributed by atoms with Gasteiger partial charge in [-0.15, -0.1) is 11.3 Å². The number of nitrogens with zero attached hydrogens (tertiary/aromatic N) is 2. The molecule has 2 aliphatic heterocycles. The zero-order chi connectivity index (χ0) is 24.5. The highest BCUT2D eigenvalue weighted by molar-refractivity contribution is 7.89. The highest BCUT2D eigenvalue weighted by Gasteiger charge is 2.44. The highest BCUT2D eigenvalue weighted by Crippen LogP contribution is 2.45. The third-order valence-corrected chi connectivity index (χ3v) is 12.1. The smallest absolute Gasteiger partial charge is 0.242 e. The van der Waals surface area contributed by atoms with Gasteiger partial charge in [-0.05, 0) is 74.1 Å². The average Bonchev–Trinajstić information content (AvgIpc) is 3.51. The number of likely N-dealkylation sites (N-methyl/N-ethyl adjacent to an activating group) is 1. The summed E-state index contributed by atoms with van der Waals surface area (Å²) in [6, 6.07) is 21.1. The molecule has 3 heterocycles. The van der Waals surface area contributed by atoms with Crippen LogP contribution in [0.5, 0.6) is 0 Å². The molecular formula is C27H32N2O3S3. The fourth-order valence-electron chi connectivity index (χ4n) is 5.49. The maximum atomic E-state index is 13.1. The maximum absolute atomic E-state index is 13.1. The van der Waals surface area contributed by atoms with E-state index in [1.54, 1.807) is 42.6 Å². The van der Waals surface area contributed by atoms with Gasteiger partial charge in [0.25, 0.3) is 0 Å². The van der Waals surface area contributed by atoms with Gasteiger partial charge in [0.2, 0.25) is 10.0 Å². The Bertz CT molecular complexity index is 1270. The molecule has 1 saturated heterocycles. The molecule has 1 unspecified atom stereocenters. The molecule has 1 aromatic heterocycles. The van der Waals surface area contributed by atoms with Crippen molar-refractivity contribution < 1.29 is 12.6 Å². The standard InChI is InChI=1S/C27H32N2O3S3/c1-28(35(31,32)23-8-3-2-4-9-23)20-22(25-11-7-19-33-25)13-16-29-17-14-27(15-18-29)21-34(30)26-12-6-5-10-24(26)27/h2-12,19,22H,13-18,20-21H2,1H3/t22-,34?/m1/s1. The fourth-order valence-corrected chi connectivity index (χ4v) is 9.45. The van der Waals surface area contributed by atoms with Crippen molar-refractivity contribution in [1.29, 1.82) is 0 Å². The summed E-state index contributed by atoms with van der Waals surface area (Å²) in [5.41, 5.74) is 1.34. The second kappa shape index (κ2) is 10.3. The first-order chi connectivity index (χ1) is 16.9. The van der Waals surface area contributed by atoms with Gasteiger partial charge in [-0.3, -0.25) is 4.21 Å². The van der Waals surface area contributed by atoms with Crippen LogP contribution in [0, 0.1) is 0 Å². The number of benzene rings is 2. The minimum absolute atomic E-state index is 0.0507. The zero-order valence-corrected chi connectivity index (χ0v) is 22.5. The lowest BCUT2D eigenvalue weighted by Crippen LogP contribution is -2.44. The minimum Gasteiger partial charge on any atom is -0.303 e. The normalized spacial score (nSPS) is 20.8. The number of fused-ring (bicyclic) bond motifs is 2. The van der Waals surface area contributed by atoms with Crippen molar-refractivity contribution in [2.75, 3.05) is 39.0 Å². The molecule has 1 spiro atoms. The molecule has 0 bridgehead atoms. The molecule has 3 aromatic rings. The second-order valence-electron chi connectivity index (χ2n) is 9.71. The number of likely N-dealkylation sites (tertiary alicyclic amines) is 1. The third-order valence-electron chi connectivity index (χ3n) is 7.59. The molecule has 0 N–H and O–H groups in total. The van der Waals surface area contributed by atoms with Crippen LogP contribution in [0.15, 0.2) is 81.9 Å². The molecule has 0 aliphatic carbocycles. The molecule has 1 fully saturated rings. The molecule has 2 atom stereocenters. The van der Waals surface area contributed by atoms with Gasteiger partial charge < -0.3 is 4.90 Å². The summed E-state index contributed by atoms with van der Waals surface area (Å²) in [4.78, 5) is 5.10. The number of hydrogen-bond donors (Lipinski definition) is 0. The van der Waals surface area contributed by atoms with Crippen LogP contribution in [0.25, 0.3) is 0 Å². The van der Waals surface area contributed by atoms with Crippen molar-refractivity contribution in [1.82, 2.24) is 9.21 Å². The van der Waals surface area contributed by atoms with Gasteiger partial charge in [0.05, 0.1) is 15.7 Å². The summed E-state index contributed by atoms with van der Waals surface area (Å²) in [6.07, 6.45) is 2.97. The van der Waals surface area contributed by atoms with Crippen LogP contribution in [0.2, 0.25) is 0 Å². The van der Waals surface area contributed by atoms with Crippen LogP contribution in [0.1, 0.15) is 35.6 Å². The van der Waals surface area contributed by atoms with E-state index in [9.17, 15) is 12.6 Å². The molecular weight excluding hydrogens is 497 g/mol. The van der Waals surface area contributed by atoms with E-state index < -0.39 is 20.8 Å². The van der Waals surface area contributed by atoms with E-state index in [1.807, 2.05) is 24.3 Å². The van der Waals surface area contributed by atoms with Crippen LogP contribution in [-0.2, 0) is 26.2 Å². The Balaban J connectivity index is 1.23. The molecule has 0 amide bonds. The van der Waals surface area contributed by atoms with Gasteiger partial charge in [-0.1, -0.05) is 42.5 Å². The van der Waals surface area contributed by atoms with Crippen LogP contribution >= 0.6 is 11.3 Å². The first-order valence-corrected chi connectivity index (χ1v) is 15.8. The molecule has 0 radical (unpaired) electrons. The SMILES string of the molecule is CN(C[C@@H](CCN1CCC2(CC1)CS(=O)c1ccccc12)c1cccs1)S(=O)(=O)c1ccccc1. The zero-order valence-electron chi connectivity index (χ0n) is 20.0. The van der Waals surface area contributed by atoms with Gasteiger partial charge in [-0.25, -0.2) is 12.7 Å². The largest absolute Gasteiger partial charge is 0.303 e. The lowest BCUT2D eigenvalue weighted by atomic mass is 9.74. The van der Waals surface area contributed by atoms with Crippen molar-refractivity contribution in [3.63, 3.8) is 0 Å². The molecule has 0 saturated carbocycles. The van der Waals surface area contributed by atoms with E-state index in [0.29, 0.717) is 11.4 Å². The maximum Gasteiger partial charge on any atom is 0.242 e. The van der Waals surface area contributed by atoms with E-state index in [2.05, 4.69) is 28.5 Å². The Morgan fingerprint density at radius 3 is 2.46 bits per heavy atom. The Hall–Kier alpha value is -1.84. The number of thiophene rings is 1. The first kappa shape index (κ1) is 24.8. The summed E-state index contributed by atoms with van der Waals surface area (Å²) < 4.78 is 40.4. The van der Waals surface area contributed by atoms with Gasteiger partial charge in [0.15, 0.2) is 0 Å². The van der Waals surface area contributed by atoms with Gasteiger partial charge in [0.1, 0.15) is 0 Å². The summed E-state index contributed by atoms with van der Waals surface area (Å²) >= 11 is 1.70. The predicted molar refractivity (Wildman–Crippen MR) is 143 cm³/mol. The Morgan fingerprint density at radius 2 is 1.74 bits per heavy atom. The minimum atomic E-state index is -3.52. The fraction of sp³-hybridized carbons (Fsp3) is 0.407. The molecule has 8 heteroatoms. The number of rotatable bonds is 8. The second-order valence-corrected chi connectivity index (χ2v) is 14.2. The van der Waals surface area contributed by atoms with E-state index in [0.717, 1.165) is 49.5 Å². The van der Waals surface area contributed by atoms with E-state index in [1.165, 1.54) is 14.7 Å². The van der Waals surface area contributed by atoms with Crippen molar-refractivity contribution in [2.24, 2.45) is 0 Å². The van der Waals surface area contributed by atoms with Gasteiger partial charge in [-0.2, -0.15) is 0 Å². The molecule has 5 nitrogen and oxygen atoms in total. The van der Waals surface area contributed by atoms with Crippen LogP contribution in [-0.4, -0.2) is 60.8 Å². The monoisotopic (exact) mass is 528 g/mol. The van der Waals surface area contributed by atoms with Crippen LogP contribution in [0.3, 0.4) is 0 Å². The van der Waals surface area contributed by atoms with E-state index in [-0.39, 0.29) is 11.3 Å². The first-order valence-electron chi connectivity index (χ1n) is 12.1. The van der Waals surface area contributed by atoms with E-state index in [4.69, 9.17) is 0 Å².